The molecule has 2 fully saturated rings. The minimum absolute atomic E-state index is 0.0381. The van der Waals surface area contributed by atoms with Gasteiger partial charge in [0.2, 0.25) is 12.5 Å². The molecule has 9 rings (SSSR count). The van der Waals surface area contributed by atoms with E-state index in [9.17, 15) is 24.3 Å². The number of imidazole rings is 1. The molecule has 0 aliphatic carbocycles. The molecule has 1 unspecified atom stereocenters. The number of phosphoric ester groups is 1. The zero-order valence-corrected chi connectivity index (χ0v) is 46.8. The quantitative estimate of drug-likeness (QED) is 0.0157. The van der Waals surface area contributed by atoms with Crippen molar-refractivity contribution in [3.05, 3.63) is 188 Å². The van der Waals surface area contributed by atoms with Gasteiger partial charge in [-0.25, -0.2) is 30.9 Å². The van der Waals surface area contributed by atoms with Crippen LogP contribution in [0.15, 0.2) is 138 Å². The maximum atomic E-state index is 15.2. The third kappa shape index (κ3) is 14.1. The van der Waals surface area contributed by atoms with Crippen molar-refractivity contribution in [1.29, 1.82) is 0 Å². The number of H-pyrrole nitrogens is 1. The molecule has 4 aromatic carbocycles. The summed E-state index contributed by atoms with van der Waals surface area (Å²) in [4.78, 5) is 70.5. The summed E-state index contributed by atoms with van der Waals surface area (Å²) >= 11 is 0. The van der Waals surface area contributed by atoms with E-state index in [-0.39, 0.29) is 67.6 Å². The zero-order chi connectivity index (χ0) is 58.5. The second kappa shape index (κ2) is 27.2. The first-order chi connectivity index (χ1) is 40.2. The Morgan fingerprint density at radius 3 is 2.17 bits per heavy atom. The largest absolute Gasteiger partial charge is 0.497 e. The normalized spacial score (nSPS) is 19.3. The summed E-state index contributed by atoms with van der Waals surface area (Å²) < 4.78 is 67.6. The smallest absolute Gasteiger partial charge is 0.475 e. The van der Waals surface area contributed by atoms with Crippen molar-refractivity contribution in [3.63, 3.8) is 0 Å². The highest BCUT2D eigenvalue weighted by Gasteiger charge is 2.47. The molecule has 7 atom stereocenters. The number of rotatable bonds is 24. The molecule has 7 aromatic rings. The minimum atomic E-state index is -4.78. The van der Waals surface area contributed by atoms with E-state index < -0.39 is 74.1 Å². The molecule has 24 heteroatoms. The Balaban J connectivity index is 1.02. The number of methoxy groups -OCH3 is 2. The molecule has 0 spiro atoms. The van der Waals surface area contributed by atoms with Gasteiger partial charge in [0.25, 0.3) is 11.5 Å². The van der Waals surface area contributed by atoms with Crippen LogP contribution in [0.2, 0.25) is 0 Å². The number of ether oxygens (including phenoxy) is 5. The van der Waals surface area contributed by atoms with E-state index in [2.05, 4.69) is 47.3 Å². The van der Waals surface area contributed by atoms with Crippen LogP contribution >= 0.6 is 7.82 Å². The molecule has 2 aliphatic heterocycles. The van der Waals surface area contributed by atoms with Crippen LogP contribution in [0, 0.1) is 24.3 Å². The maximum absolute atomic E-state index is 15.2. The third-order valence-electron chi connectivity index (χ3n) is 13.9. The van der Waals surface area contributed by atoms with E-state index in [1.807, 2.05) is 92.7 Å². The van der Waals surface area contributed by atoms with E-state index in [1.165, 1.54) is 18.9 Å². The van der Waals surface area contributed by atoms with Gasteiger partial charge in [0, 0.05) is 31.0 Å². The first-order valence-electron chi connectivity index (χ1n) is 26.7. The van der Waals surface area contributed by atoms with Crippen LogP contribution in [0.3, 0.4) is 0 Å². The molecule has 432 valence electrons. The van der Waals surface area contributed by atoms with E-state index in [0.29, 0.717) is 46.9 Å². The van der Waals surface area contributed by atoms with Crippen molar-refractivity contribution in [2.75, 3.05) is 52.4 Å². The molecule has 3 aromatic heterocycles. The van der Waals surface area contributed by atoms with Crippen LogP contribution in [0.4, 0.5) is 5.82 Å². The molecule has 23 nitrogen and oxygen atoms in total. The van der Waals surface area contributed by atoms with Gasteiger partial charge in [-0.1, -0.05) is 98.5 Å². The number of nitrogens with one attached hydrogen (secondary N) is 3. The average Bonchev–Trinajstić information content (AvgIpc) is 4.35. The van der Waals surface area contributed by atoms with Crippen LogP contribution in [-0.2, 0) is 42.7 Å². The number of hydrogen-bond donors (Lipinski definition) is 4. The highest BCUT2D eigenvalue weighted by atomic mass is 31.2. The Labute approximate surface area is 477 Å². The van der Waals surface area contributed by atoms with Gasteiger partial charge in [0.05, 0.1) is 46.4 Å². The van der Waals surface area contributed by atoms with Gasteiger partial charge in [-0.3, -0.25) is 42.1 Å². The fourth-order valence-electron chi connectivity index (χ4n) is 9.58. The summed E-state index contributed by atoms with van der Waals surface area (Å²) in [5.74, 6) is 6.50. The number of aromatic nitrogens is 6. The number of aliphatic hydroxyl groups is 1. The lowest BCUT2D eigenvalue weighted by molar-refractivity contribution is -0.121. The molecular weight excluding hydrogens is 1090 g/mol. The number of phosphoric acid groups is 1. The molecule has 4 N–H and O–H groups in total. The lowest BCUT2D eigenvalue weighted by atomic mass is 9.80. The van der Waals surface area contributed by atoms with Crippen LogP contribution in [0.25, 0.3) is 16.0 Å². The number of aliphatic hydroxyl groups excluding tert-OH is 1. The topological polar surface area (TPSA) is 272 Å². The SMILES string of the molecule is [C-]#[N+]CCOP(=O)(OC[C@H]1O[C@@H](n2cc(C#CCNC(=O)CCC(C)C)c(=O)[nH]c2=O)C[C@H]1O)O[C@@H]1C[C@H](n2cnc3c(NC(=O)c4ccccc4)ncnc32)O[C@@H]1COC(c1ccccc1)(c1ccc(OC)cc1)c1ccc(OC)cc1. The van der Waals surface area contributed by atoms with Gasteiger partial charge in [0.15, 0.2) is 17.0 Å². The van der Waals surface area contributed by atoms with Gasteiger partial charge >= 0.3 is 13.5 Å². The van der Waals surface area contributed by atoms with E-state index in [1.54, 1.807) is 49.1 Å². The lowest BCUT2D eigenvalue weighted by Crippen LogP contribution is -2.38. The van der Waals surface area contributed by atoms with Crippen molar-refractivity contribution in [2.24, 2.45) is 5.92 Å². The molecule has 0 saturated carbocycles. The highest BCUT2D eigenvalue weighted by Crippen LogP contribution is 2.54. The molecule has 2 amide bonds. The molecule has 0 radical (unpaired) electrons. The van der Waals surface area contributed by atoms with Crippen LogP contribution in [-0.4, -0.2) is 118 Å². The van der Waals surface area contributed by atoms with Crippen molar-refractivity contribution in [3.8, 4) is 23.3 Å². The molecular formula is C59H62N9O14P. The second-order valence-corrected chi connectivity index (χ2v) is 21.4. The molecule has 2 aliphatic rings. The van der Waals surface area contributed by atoms with E-state index >= 15 is 4.57 Å². The van der Waals surface area contributed by atoms with Crippen molar-refractivity contribution in [2.45, 2.75) is 82.0 Å². The predicted molar refractivity (Wildman–Crippen MR) is 302 cm³/mol. The van der Waals surface area contributed by atoms with Gasteiger partial charge in [-0.05, 0) is 65.4 Å². The summed E-state index contributed by atoms with van der Waals surface area (Å²) in [6, 6.07) is 33.0. The maximum Gasteiger partial charge on any atom is 0.475 e. The van der Waals surface area contributed by atoms with E-state index in [0.717, 1.165) is 10.1 Å². The Kier molecular flexibility index (Phi) is 19.4. The van der Waals surface area contributed by atoms with Crippen LogP contribution in [0.1, 0.15) is 84.6 Å². The monoisotopic (exact) mass is 1150 g/mol. The first-order valence-corrected chi connectivity index (χ1v) is 28.2. The summed E-state index contributed by atoms with van der Waals surface area (Å²) in [6.07, 6.45) is -2.11. The molecule has 5 heterocycles. The number of benzene rings is 4. The van der Waals surface area contributed by atoms with Crippen LogP contribution < -0.4 is 31.4 Å². The summed E-state index contributed by atoms with van der Waals surface area (Å²) in [7, 11) is -1.64. The van der Waals surface area contributed by atoms with Crippen molar-refractivity contribution >= 4 is 36.6 Å². The lowest BCUT2D eigenvalue weighted by Gasteiger charge is -2.37. The molecule has 0 bridgehead atoms. The molecule has 83 heavy (non-hydrogen) atoms. The fraction of sp³-hybridized carbons (Fsp3) is 0.356. The zero-order valence-electron chi connectivity index (χ0n) is 45.9. The Morgan fingerprint density at radius 1 is 0.855 bits per heavy atom. The standard InChI is InChI=1S/C59H62N9O14P/c1-38(2)18-27-50(70)61-28-12-15-40-33-67(58(73)66-57(40)72)51-31-46(69)48(80-51)35-79-83(74,78-30-29-60-3)82-47-32-52(68-37-64-53-54(62-36-63-55(53)68)65-56(71)39-13-8-6-9-14-39)81-49(47)34-77-59(41-16-10-7-11-17-41,42-19-23-44(75-4)24-20-42)43-21-25-45(76-5)26-22-43/h6-11,13-14,16-17,19-26,33,36-38,46-49,51-52,69H,18,27-32,34-35H2,1-2,4-5H3,(H,61,70)(H,66,72,73)(H,62,63,65,71)/t46-,47-,48-,49-,51-,52-,83?/m1/s1. The van der Waals surface area contributed by atoms with Crippen molar-refractivity contribution in [1.82, 2.24) is 34.4 Å². The number of anilines is 1. The minimum Gasteiger partial charge on any atom is -0.497 e. The van der Waals surface area contributed by atoms with Gasteiger partial charge in [0.1, 0.15) is 66.4 Å². The number of hydrogen-bond acceptors (Lipinski definition) is 17. The number of aromatic amines is 1. The number of amides is 2. The van der Waals surface area contributed by atoms with E-state index in [4.69, 9.17) is 43.8 Å². The average molecular weight is 1150 g/mol. The molecule has 2 saturated heterocycles. The number of carbonyl (C=O) groups excluding carboxylic acids is 2. The van der Waals surface area contributed by atoms with Gasteiger partial charge < -0.3 is 44.3 Å². The Hall–Kier alpha value is -8.35. The first kappa shape index (κ1) is 59.3. The van der Waals surface area contributed by atoms with Gasteiger partial charge in [-0.15, -0.1) is 0 Å². The highest BCUT2D eigenvalue weighted by molar-refractivity contribution is 7.48. The summed E-state index contributed by atoms with van der Waals surface area (Å²) in [5.41, 5.74) is 0.0167. The van der Waals surface area contributed by atoms with Crippen LogP contribution in [0.5, 0.6) is 11.5 Å². The summed E-state index contributed by atoms with van der Waals surface area (Å²) in [6.45, 7) is 9.99. The summed E-state index contributed by atoms with van der Waals surface area (Å²) in [5, 5.41) is 16.9. The third-order valence-corrected chi connectivity index (χ3v) is 15.4. The number of carbonyl (C=O) groups is 2. The Bertz CT molecular complexity index is 3590. The predicted octanol–water partition coefficient (Wildman–Crippen LogP) is 6.94. The Morgan fingerprint density at radius 2 is 1.51 bits per heavy atom. The second-order valence-electron chi connectivity index (χ2n) is 19.8. The van der Waals surface area contributed by atoms with Gasteiger partial charge in [-0.2, -0.15) is 0 Å². The fourth-order valence-corrected chi connectivity index (χ4v) is 11.0. The van der Waals surface area contributed by atoms with Crippen molar-refractivity contribution < 1.29 is 56.5 Å². The number of fused-ring (bicyclic) bond motifs is 1. The number of nitrogens with zero attached hydrogens (tertiary/aromatic N) is 6.